The number of benzene rings is 1. The molecule has 0 saturated heterocycles. The molecule has 1 aromatic rings. The number of allylic oxidation sites excluding steroid dienone is 2. The number of alkyl halides is 4. The summed E-state index contributed by atoms with van der Waals surface area (Å²) in [6, 6.07) is 6.04. The Kier molecular flexibility index (Phi) is 4.05. The van der Waals surface area contributed by atoms with Crippen molar-refractivity contribution >= 4 is 17.2 Å². The van der Waals surface area contributed by atoms with Crippen LogP contribution in [0.3, 0.4) is 0 Å². The monoisotopic (exact) mass is 304 g/mol. The Morgan fingerprint density at radius 3 is 2.60 bits per heavy atom. The van der Waals surface area contributed by atoms with E-state index < -0.39 is 6.36 Å². The highest BCUT2D eigenvalue weighted by Gasteiger charge is 2.32. The predicted molar refractivity (Wildman–Crippen MR) is 73.8 cm³/mol. The molecule has 0 amide bonds. The fourth-order valence-electron chi connectivity index (χ4n) is 2.54. The van der Waals surface area contributed by atoms with Gasteiger partial charge in [-0.25, -0.2) is 0 Å². The molecule has 0 spiro atoms. The number of hydrogen-bond donors (Lipinski definition) is 0. The van der Waals surface area contributed by atoms with Crippen LogP contribution in [0.15, 0.2) is 30.3 Å². The van der Waals surface area contributed by atoms with Crippen molar-refractivity contribution in [1.82, 2.24) is 0 Å². The van der Waals surface area contributed by atoms with Crippen LogP contribution in [0.25, 0.3) is 5.57 Å². The van der Waals surface area contributed by atoms with Gasteiger partial charge < -0.3 is 4.74 Å². The zero-order chi connectivity index (χ0) is 15.0. The molecular weight excluding hydrogens is 289 g/mol. The summed E-state index contributed by atoms with van der Waals surface area (Å²) < 4.78 is 40.7. The van der Waals surface area contributed by atoms with Crippen LogP contribution in [-0.2, 0) is 0 Å². The van der Waals surface area contributed by atoms with Crippen LogP contribution in [0, 0.1) is 5.41 Å². The van der Waals surface area contributed by atoms with Gasteiger partial charge in [0.05, 0.1) is 5.38 Å². The summed E-state index contributed by atoms with van der Waals surface area (Å²) in [7, 11) is 0. The molecule has 0 bridgehead atoms. The van der Waals surface area contributed by atoms with E-state index in [9.17, 15) is 13.2 Å². The average Bonchev–Trinajstić information content (AvgIpc) is 2.24. The number of hydrogen-bond acceptors (Lipinski definition) is 1. The lowest BCUT2D eigenvalue weighted by Crippen LogP contribution is -2.21. The first-order valence-electron chi connectivity index (χ1n) is 6.36. The van der Waals surface area contributed by atoms with Crippen LogP contribution in [0.5, 0.6) is 5.75 Å². The second kappa shape index (κ2) is 5.32. The van der Waals surface area contributed by atoms with Crippen molar-refractivity contribution in [2.45, 2.75) is 38.4 Å². The highest BCUT2D eigenvalue weighted by Crippen LogP contribution is 2.41. The van der Waals surface area contributed by atoms with Crippen LogP contribution in [0.2, 0.25) is 0 Å². The van der Waals surface area contributed by atoms with Crippen molar-refractivity contribution in [1.29, 1.82) is 0 Å². The first-order chi connectivity index (χ1) is 9.15. The summed E-state index contributed by atoms with van der Waals surface area (Å²) >= 11 is 6.20. The molecule has 0 radical (unpaired) electrons. The smallest absolute Gasteiger partial charge is 0.406 e. The molecule has 1 aliphatic carbocycles. The van der Waals surface area contributed by atoms with Gasteiger partial charge >= 0.3 is 6.36 Å². The van der Waals surface area contributed by atoms with Crippen molar-refractivity contribution in [3.8, 4) is 5.75 Å². The van der Waals surface area contributed by atoms with E-state index >= 15 is 0 Å². The maximum absolute atomic E-state index is 12.2. The fraction of sp³-hybridized carbons (Fsp3) is 0.467. The number of ether oxygens (including phenoxy) is 1. The van der Waals surface area contributed by atoms with Crippen molar-refractivity contribution in [2.75, 3.05) is 0 Å². The lowest BCUT2D eigenvalue weighted by atomic mass is 9.75. The molecular formula is C15H16ClF3O. The van der Waals surface area contributed by atoms with Crippen molar-refractivity contribution in [3.63, 3.8) is 0 Å². The third kappa shape index (κ3) is 4.17. The summed E-state index contributed by atoms with van der Waals surface area (Å²) in [6.07, 6.45) is -1.12. The van der Waals surface area contributed by atoms with Crippen molar-refractivity contribution in [3.05, 3.63) is 35.9 Å². The molecule has 0 heterocycles. The van der Waals surface area contributed by atoms with Crippen LogP contribution in [0.1, 0.15) is 32.3 Å². The van der Waals surface area contributed by atoms with E-state index in [1.54, 1.807) is 12.1 Å². The van der Waals surface area contributed by atoms with Gasteiger partial charge in [0.15, 0.2) is 0 Å². The molecule has 0 aromatic heterocycles. The van der Waals surface area contributed by atoms with E-state index in [0.29, 0.717) is 0 Å². The minimum Gasteiger partial charge on any atom is -0.406 e. The lowest BCUT2D eigenvalue weighted by Gasteiger charge is -2.32. The maximum atomic E-state index is 12.2. The highest BCUT2D eigenvalue weighted by atomic mass is 35.5. The normalized spacial score (nSPS) is 22.3. The van der Waals surface area contributed by atoms with Gasteiger partial charge in [0.25, 0.3) is 0 Å². The topological polar surface area (TPSA) is 9.23 Å². The zero-order valence-electron chi connectivity index (χ0n) is 11.3. The van der Waals surface area contributed by atoms with E-state index in [1.807, 2.05) is 6.08 Å². The Hall–Kier alpha value is -1.16. The quantitative estimate of drug-likeness (QED) is 0.665. The molecule has 1 atom stereocenters. The highest BCUT2D eigenvalue weighted by molar-refractivity contribution is 6.22. The van der Waals surface area contributed by atoms with Gasteiger partial charge in [0.1, 0.15) is 5.75 Å². The van der Waals surface area contributed by atoms with E-state index in [-0.39, 0.29) is 16.5 Å². The zero-order valence-corrected chi connectivity index (χ0v) is 12.1. The Morgan fingerprint density at radius 1 is 1.30 bits per heavy atom. The number of rotatable bonds is 2. The second-order valence-electron chi connectivity index (χ2n) is 5.83. The average molecular weight is 305 g/mol. The Labute approximate surface area is 121 Å². The Morgan fingerprint density at radius 2 is 2.00 bits per heavy atom. The summed E-state index contributed by atoms with van der Waals surface area (Å²) in [6.45, 7) is 4.21. The van der Waals surface area contributed by atoms with Gasteiger partial charge in [-0.2, -0.15) is 0 Å². The first kappa shape index (κ1) is 15.2. The third-order valence-corrected chi connectivity index (χ3v) is 3.52. The first-order valence-corrected chi connectivity index (χ1v) is 6.79. The molecule has 0 fully saturated rings. The second-order valence-corrected chi connectivity index (χ2v) is 6.39. The lowest BCUT2D eigenvalue weighted by molar-refractivity contribution is -0.274. The van der Waals surface area contributed by atoms with Crippen molar-refractivity contribution in [2.24, 2.45) is 5.41 Å². The van der Waals surface area contributed by atoms with Gasteiger partial charge in [0.2, 0.25) is 0 Å². The van der Waals surface area contributed by atoms with Gasteiger partial charge in [0, 0.05) is 0 Å². The van der Waals surface area contributed by atoms with Gasteiger partial charge in [-0.05, 0) is 41.5 Å². The molecule has 1 nitrogen and oxygen atoms in total. The molecule has 1 unspecified atom stereocenters. The van der Waals surface area contributed by atoms with E-state index in [2.05, 4.69) is 18.6 Å². The Bertz CT molecular complexity index is 520. The van der Waals surface area contributed by atoms with Gasteiger partial charge in [-0.1, -0.05) is 32.1 Å². The Balaban J connectivity index is 2.27. The standard InChI is InChI=1S/C15H16ClF3O/c1-14(2)8-11(6-12(16)9-14)10-4-3-5-13(7-10)20-15(17,18)19/h3-7,12H,8-9H2,1-2H3. The molecule has 5 heteroatoms. The molecule has 1 aliphatic rings. The summed E-state index contributed by atoms with van der Waals surface area (Å²) in [5, 5.41) is -0.0964. The van der Waals surface area contributed by atoms with Gasteiger partial charge in [-0.15, -0.1) is 24.8 Å². The van der Waals surface area contributed by atoms with Gasteiger partial charge in [-0.3, -0.25) is 0 Å². The number of halogens is 4. The van der Waals surface area contributed by atoms with E-state index in [1.165, 1.54) is 12.1 Å². The van der Waals surface area contributed by atoms with Crippen LogP contribution >= 0.6 is 11.6 Å². The molecule has 0 N–H and O–H groups in total. The van der Waals surface area contributed by atoms with Crippen molar-refractivity contribution < 1.29 is 17.9 Å². The molecule has 0 aliphatic heterocycles. The predicted octanol–water partition coefficient (Wildman–Crippen LogP) is 5.40. The maximum Gasteiger partial charge on any atom is 0.573 e. The van der Waals surface area contributed by atoms with Crippen LogP contribution in [0.4, 0.5) is 13.2 Å². The molecule has 0 saturated carbocycles. The molecule has 2 rings (SSSR count). The summed E-state index contributed by atoms with van der Waals surface area (Å²) in [5.41, 5.74) is 1.73. The van der Waals surface area contributed by atoms with Crippen LogP contribution in [-0.4, -0.2) is 11.7 Å². The fourth-order valence-corrected chi connectivity index (χ4v) is 3.11. The summed E-state index contributed by atoms with van der Waals surface area (Å²) in [4.78, 5) is 0. The van der Waals surface area contributed by atoms with Crippen LogP contribution < -0.4 is 4.74 Å². The SMILES string of the molecule is CC1(C)CC(c2cccc(OC(F)(F)F)c2)=CC(Cl)C1. The molecule has 110 valence electrons. The molecule has 1 aromatic carbocycles. The van der Waals surface area contributed by atoms with E-state index in [0.717, 1.165) is 24.0 Å². The minimum atomic E-state index is -4.67. The molecule has 20 heavy (non-hydrogen) atoms. The van der Waals surface area contributed by atoms with E-state index in [4.69, 9.17) is 11.6 Å². The third-order valence-electron chi connectivity index (χ3n) is 3.24. The largest absolute Gasteiger partial charge is 0.573 e. The minimum absolute atomic E-state index is 0.0391. The summed E-state index contributed by atoms with van der Waals surface area (Å²) in [5.74, 6) is -0.203.